The Balaban J connectivity index is 1.99. The maximum absolute atomic E-state index is 12.1. The van der Waals surface area contributed by atoms with E-state index >= 15 is 0 Å². The second-order valence-electron chi connectivity index (χ2n) is 5.28. The van der Waals surface area contributed by atoms with Gasteiger partial charge in [-0.1, -0.05) is 13.3 Å². The molecule has 1 heterocycles. The Hall–Kier alpha value is -1.82. The lowest BCUT2D eigenvalue weighted by Crippen LogP contribution is -2.33. The van der Waals surface area contributed by atoms with Gasteiger partial charge in [-0.2, -0.15) is 0 Å². The molecule has 0 aromatic carbocycles. The maximum atomic E-state index is 12.1. The third-order valence-corrected chi connectivity index (χ3v) is 4.00. The van der Waals surface area contributed by atoms with Gasteiger partial charge in [0.1, 0.15) is 11.3 Å². The molecule has 2 atom stereocenters. The minimum absolute atomic E-state index is 0.0520. The molecule has 1 amide bonds. The van der Waals surface area contributed by atoms with Crippen LogP contribution in [0.15, 0.2) is 10.5 Å². The molecule has 0 saturated heterocycles. The van der Waals surface area contributed by atoms with Crippen molar-refractivity contribution in [2.24, 2.45) is 5.92 Å². The van der Waals surface area contributed by atoms with Crippen molar-refractivity contribution in [3.05, 3.63) is 23.2 Å². The van der Waals surface area contributed by atoms with Crippen molar-refractivity contribution in [2.75, 3.05) is 13.7 Å². The van der Waals surface area contributed by atoms with Crippen LogP contribution >= 0.6 is 0 Å². The molecule has 1 saturated carbocycles. The van der Waals surface area contributed by atoms with Gasteiger partial charge in [0.25, 0.3) is 5.91 Å². The summed E-state index contributed by atoms with van der Waals surface area (Å²) in [5.41, 5.74) is 0.0540. The summed E-state index contributed by atoms with van der Waals surface area (Å²) < 4.78 is 10.7. The average molecular weight is 295 g/mol. The fourth-order valence-electron chi connectivity index (χ4n) is 2.84. The van der Waals surface area contributed by atoms with E-state index in [1.807, 2.05) is 0 Å². The summed E-state index contributed by atoms with van der Waals surface area (Å²) >= 11 is 0. The van der Waals surface area contributed by atoms with Crippen LogP contribution in [0.1, 0.15) is 52.9 Å². The number of amides is 1. The van der Waals surface area contributed by atoms with Crippen LogP contribution in [0.4, 0.5) is 0 Å². The Morgan fingerprint density at radius 3 is 2.81 bits per heavy atom. The van der Waals surface area contributed by atoms with Crippen molar-refractivity contribution < 1.29 is 23.8 Å². The van der Waals surface area contributed by atoms with E-state index in [1.165, 1.54) is 6.07 Å². The van der Waals surface area contributed by atoms with Gasteiger partial charge in [0.2, 0.25) is 0 Å². The summed E-state index contributed by atoms with van der Waals surface area (Å²) in [5, 5.41) is 11.9. The Morgan fingerprint density at radius 1 is 1.48 bits per heavy atom. The third kappa shape index (κ3) is 3.44. The zero-order valence-electron chi connectivity index (χ0n) is 12.3. The molecule has 0 radical (unpaired) electrons. The second kappa shape index (κ2) is 6.76. The summed E-state index contributed by atoms with van der Waals surface area (Å²) in [6.07, 6.45) is 3.76. The number of carboxylic acids is 1. The number of methoxy groups -OCH3 is 1. The molecular formula is C15H21NO5. The average Bonchev–Trinajstić information content (AvgIpc) is 3.10. The van der Waals surface area contributed by atoms with Gasteiger partial charge >= 0.3 is 5.97 Å². The number of carbonyl (C=O) groups is 2. The molecule has 1 aromatic heterocycles. The molecular weight excluding hydrogens is 274 g/mol. The summed E-state index contributed by atoms with van der Waals surface area (Å²) in [6.45, 7) is 2.30. The first-order chi connectivity index (χ1) is 10.1. The number of hydrogen-bond donors (Lipinski definition) is 2. The molecule has 6 nitrogen and oxygen atoms in total. The Kier molecular flexibility index (Phi) is 5.01. The molecule has 2 N–H and O–H groups in total. The standard InChI is InChI=1S/C15H21NO5/c1-3-11-10(15(18)19)7-13(21-11)14(17)16-8-9-5-4-6-12(9)20-2/h7,9,12H,3-6,8H2,1-2H3,(H,16,17)(H,18,19). The Labute approximate surface area is 123 Å². The molecule has 21 heavy (non-hydrogen) atoms. The van der Waals surface area contributed by atoms with Crippen LogP contribution in [0, 0.1) is 5.92 Å². The van der Waals surface area contributed by atoms with Gasteiger partial charge in [0.05, 0.1) is 6.10 Å². The predicted molar refractivity (Wildman–Crippen MR) is 75.5 cm³/mol. The molecule has 116 valence electrons. The lowest BCUT2D eigenvalue weighted by atomic mass is 10.1. The zero-order valence-corrected chi connectivity index (χ0v) is 12.3. The molecule has 1 aliphatic rings. The lowest BCUT2D eigenvalue weighted by molar-refractivity contribution is 0.0675. The third-order valence-electron chi connectivity index (χ3n) is 4.00. The smallest absolute Gasteiger partial charge is 0.339 e. The largest absolute Gasteiger partial charge is 0.478 e. The monoisotopic (exact) mass is 295 g/mol. The zero-order chi connectivity index (χ0) is 15.4. The maximum Gasteiger partial charge on any atom is 0.339 e. The molecule has 0 bridgehead atoms. The van der Waals surface area contributed by atoms with Crippen molar-refractivity contribution >= 4 is 11.9 Å². The van der Waals surface area contributed by atoms with E-state index in [2.05, 4.69) is 5.32 Å². The molecule has 0 spiro atoms. The quantitative estimate of drug-likeness (QED) is 0.838. The van der Waals surface area contributed by atoms with E-state index in [9.17, 15) is 9.59 Å². The molecule has 2 unspecified atom stereocenters. The number of nitrogens with one attached hydrogen (secondary N) is 1. The van der Waals surface area contributed by atoms with Crippen LogP contribution in [0.25, 0.3) is 0 Å². The molecule has 6 heteroatoms. The highest BCUT2D eigenvalue weighted by Gasteiger charge is 2.28. The van der Waals surface area contributed by atoms with Gasteiger partial charge in [-0.25, -0.2) is 4.79 Å². The summed E-state index contributed by atoms with van der Waals surface area (Å²) in [7, 11) is 1.68. The van der Waals surface area contributed by atoms with Crippen LogP contribution in [0.5, 0.6) is 0 Å². The fraction of sp³-hybridized carbons (Fsp3) is 0.600. The van der Waals surface area contributed by atoms with E-state index < -0.39 is 5.97 Å². The number of aryl methyl sites for hydroxylation is 1. The number of ether oxygens (including phenoxy) is 1. The van der Waals surface area contributed by atoms with Crippen molar-refractivity contribution in [3.63, 3.8) is 0 Å². The normalized spacial score (nSPS) is 21.4. The summed E-state index contributed by atoms with van der Waals surface area (Å²) in [4.78, 5) is 23.1. The topological polar surface area (TPSA) is 88.8 Å². The number of carbonyl (C=O) groups excluding carboxylic acids is 1. The first-order valence-electron chi connectivity index (χ1n) is 7.23. The van der Waals surface area contributed by atoms with Gasteiger partial charge in [-0.3, -0.25) is 4.79 Å². The van der Waals surface area contributed by atoms with Gasteiger partial charge in [0, 0.05) is 32.1 Å². The highest BCUT2D eigenvalue weighted by Crippen LogP contribution is 2.27. The van der Waals surface area contributed by atoms with E-state index in [0.29, 0.717) is 24.6 Å². The Morgan fingerprint density at radius 2 is 2.24 bits per heavy atom. The Bertz CT molecular complexity index is 522. The molecule has 1 aliphatic carbocycles. The number of hydrogen-bond acceptors (Lipinski definition) is 4. The van der Waals surface area contributed by atoms with Gasteiger partial charge < -0.3 is 19.6 Å². The summed E-state index contributed by atoms with van der Waals surface area (Å²) in [5.74, 6) is -0.776. The van der Waals surface area contributed by atoms with E-state index in [1.54, 1.807) is 14.0 Å². The number of rotatable bonds is 6. The fourth-order valence-corrected chi connectivity index (χ4v) is 2.84. The van der Waals surface area contributed by atoms with Gasteiger partial charge in [-0.05, 0) is 12.8 Å². The first kappa shape index (κ1) is 15.6. The first-order valence-corrected chi connectivity index (χ1v) is 7.23. The van der Waals surface area contributed by atoms with Crippen LogP contribution in [0.3, 0.4) is 0 Å². The predicted octanol–water partition coefficient (Wildman–Crippen LogP) is 2.09. The number of carboxylic acid groups (broad SMARTS) is 1. The number of furan rings is 1. The SMILES string of the molecule is CCc1oc(C(=O)NCC2CCCC2OC)cc1C(=O)O. The number of aromatic carboxylic acids is 1. The van der Waals surface area contributed by atoms with E-state index in [0.717, 1.165) is 19.3 Å². The van der Waals surface area contributed by atoms with Crippen molar-refractivity contribution in [1.29, 1.82) is 0 Å². The van der Waals surface area contributed by atoms with Crippen LogP contribution in [0.2, 0.25) is 0 Å². The molecule has 2 rings (SSSR count). The van der Waals surface area contributed by atoms with Crippen molar-refractivity contribution in [3.8, 4) is 0 Å². The second-order valence-corrected chi connectivity index (χ2v) is 5.28. The highest BCUT2D eigenvalue weighted by molar-refractivity contribution is 5.96. The van der Waals surface area contributed by atoms with E-state index in [4.69, 9.17) is 14.3 Å². The van der Waals surface area contributed by atoms with Crippen LogP contribution < -0.4 is 5.32 Å². The van der Waals surface area contributed by atoms with Gasteiger partial charge in [0.15, 0.2) is 5.76 Å². The van der Waals surface area contributed by atoms with Crippen molar-refractivity contribution in [2.45, 2.75) is 38.7 Å². The molecule has 1 fully saturated rings. The van der Waals surface area contributed by atoms with Gasteiger partial charge in [-0.15, -0.1) is 0 Å². The van der Waals surface area contributed by atoms with Crippen molar-refractivity contribution in [1.82, 2.24) is 5.32 Å². The minimum Gasteiger partial charge on any atom is -0.478 e. The molecule has 0 aliphatic heterocycles. The molecule has 1 aromatic rings. The highest BCUT2D eigenvalue weighted by atomic mass is 16.5. The summed E-state index contributed by atoms with van der Waals surface area (Å²) in [6, 6.07) is 1.29. The van der Waals surface area contributed by atoms with Crippen LogP contribution in [-0.4, -0.2) is 36.7 Å². The lowest BCUT2D eigenvalue weighted by Gasteiger charge is -2.18. The van der Waals surface area contributed by atoms with E-state index in [-0.39, 0.29) is 23.3 Å². The minimum atomic E-state index is -1.08. The van der Waals surface area contributed by atoms with Crippen LogP contribution in [-0.2, 0) is 11.2 Å².